The number of hydrogen-bond donors (Lipinski definition) is 0. The summed E-state index contributed by atoms with van der Waals surface area (Å²) >= 11 is 0. The van der Waals surface area contributed by atoms with Gasteiger partial charge in [-0.3, -0.25) is 9.59 Å². The van der Waals surface area contributed by atoms with Crippen LogP contribution in [0.5, 0.6) is 5.75 Å². The summed E-state index contributed by atoms with van der Waals surface area (Å²) in [6, 6.07) is 6.85. The van der Waals surface area contributed by atoms with E-state index in [1.807, 2.05) is 6.92 Å². The highest BCUT2D eigenvalue weighted by Gasteiger charge is 2.54. The van der Waals surface area contributed by atoms with E-state index >= 15 is 0 Å². The van der Waals surface area contributed by atoms with Crippen LogP contribution in [0.3, 0.4) is 0 Å². The Labute approximate surface area is 196 Å². The van der Waals surface area contributed by atoms with Crippen molar-refractivity contribution in [1.82, 2.24) is 4.90 Å². The van der Waals surface area contributed by atoms with Crippen LogP contribution in [0.1, 0.15) is 83.4 Å². The molecular weight excluding hydrogens is 420 g/mol. The fourth-order valence-electron chi connectivity index (χ4n) is 4.84. The van der Waals surface area contributed by atoms with Crippen LogP contribution in [0, 0.1) is 11.3 Å². The molecule has 178 valence electrons. The predicted molar refractivity (Wildman–Crippen MR) is 123 cm³/mol. The van der Waals surface area contributed by atoms with Crippen molar-refractivity contribution in [3.63, 3.8) is 0 Å². The molecule has 0 radical (unpaired) electrons. The van der Waals surface area contributed by atoms with Crippen LogP contribution in [0.4, 0.5) is 0 Å². The van der Waals surface area contributed by atoms with Gasteiger partial charge in [0.2, 0.25) is 0 Å². The first-order chi connectivity index (χ1) is 15.9. The molecule has 0 fully saturated rings. The van der Waals surface area contributed by atoms with Crippen LogP contribution in [0.2, 0.25) is 0 Å². The number of unbranched alkanes of at least 4 members (excludes halogenated alkanes) is 2. The van der Waals surface area contributed by atoms with Crippen molar-refractivity contribution in [1.29, 1.82) is 5.26 Å². The van der Waals surface area contributed by atoms with Crippen molar-refractivity contribution in [2.75, 3.05) is 13.2 Å². The number of carbonyl (C=O) groups is 2. The summed E-state index contributed by atoms with van der Waals surface area (Å²) in [5, 5.41) is 9.51. The van der Waals surface area contributed by atoms with Crippen LogP contribution in [0.15, 0.2) is 30.0 Å². The number of ether oxygens (including phenoxy) is 3. The summed E-state index contributed by atoms with van der Waals surface area (Å²) in [7, 11) is 0. The zero-order valence-electron chi connectivity index (χ0n) is 20.1. The number of nitriles is 1. The third-order valence-corrected chi connectivity index (χ3v) is 6.34. The average molecular weight is 455 g/mol. The molecule has 3 rings (SSSR count). The summed E-state index contributed by atoms with van der Waals surface area (Å²) < 4.78 is 18.3. The minimum absolute atomic E-state index is 0.198. The SMILES string of the molecule is CCCCC1(CCCC)Oc2ccc(C#N)cc2[C@@H](N2CC(OCC)=CC2=O)[C@@H]1OC(C)=O. The fourth-order valence-corrected chi connectivity index (χ4v) is 4.84. The minimum Gasteiger partial charge on any atom is -0.496 e. The molecule has 2 atom stereocenters. The van der Waals surface area contributed by atoms with Crippen molar-refractivity contribution in [3.05, 3.63) is 41.2 Å². The average Bonchev–Trinajstić information content (AvgIpc) is 3.15. The van der Waals surface area contributed by atoms with Gasteiger partial charge in [-0.05, 0) is 50.8 Å². The quantitative estimate of drug-likeness (QED) is 0.472. The van der Waals surface area contributed by atoms with Gasteiger partial charge >= 0.3 is 5.97 Å². The number of carbonyl (C=O) groups excluding carboxylic acids is 2. The maximum Gasteiger partial charge on any atom is 0.303 e. The van der Waals surface area contributed by atoms with Gasteiger partial charge in [-0.25, -0.2) is 0 Å². The van der Waals surface area contributed by atoms with E-state index in [-0.39, 0.29) is 12.5 Å². The number of hydrogen-bond acceptors (Lipinski definition) is 6. The van der Waals surface area contributed by atoms with Crippen LogP contribution in [-0.2, 0) is 19.1 Å². The Hall–Kier alpha value is -3.01. The Kier molecular flexibility index (Phi) is 8.01. The Morgan fingerprint density at radius 1 is 1.24 bits per heavy atom. The summed E-state index contributed by atoms with van der Waals surface area (Å²) in [6.45, 7) is 8.23. The van der Waals surface area contributed by atoms with Crippen molar-refractivity contribution in [3.8, 4) is 11.8 Å². The number of nitrogens with zero attached hydrogens (tertiary/aromatic N) is 2. The van der Waals surface area contributed by atoms with Crippen molar-refractivity contribution in [2.45, 2.75) is 84.0 Å². The molecule has 0 aromatic heterocycles. The molecule has 0 spiro atoms. The van der Waals surface area contributed by atoms with Crippen molar-refractivity contribution in [2.24, 2.45) is 0 Å². The second-order valence-electron chi connectivity index (χ2n) is 8.72. The largest absolute Gasteiger partial charge is 0.496 e. The van der Waals surface area contributed by atoms with Gasteiger partial charge in [0.25, 0.3) is 5.91 Å². The third kappa shape index (κ3) is 5.16. The maximum atomic E-state index is 13.1. The standard InChI is InChI=1S/C26H34N2O5/c1-5-8-12-26(13-9-6-2)25(32-18(4)29)24(28-17-20(31-7-3)15-23(28)30)21-14-19(16-27)10-11-22(21)33-26/h10-11,14-15,24-25H,5-9,12-13,17H2,1-4H3/t24-,25+/m1/s1. The first-order valence-corrected chi connectivity index (χ1v) is 11.9. The Balaban J connectivity index is 2.17. The first kappa shape index (κ1) is 24.6. The number of benzene rings is 1. The van der Waals surface area contributed by atoms with E-state index in [2.05, 4.69) is 19.9 Å². The van der Waals surface area contributed by atoms with Gasteiger partial charge in [-0.15, -0.1) is 0 Å². The van der Waals surface area contributed by atoms with Crippen LogP contribution in [0.25, 0.3) is 0 Å². The highest BCUT2D eigenvalue weighted by atomic mass is 16.6. The molecule has 1 aromatic carbocycles. The zero-order chi connectivity index (χ0) is 24.0. The number of fused-ring (bicyclic) bond motifs is 1. The number of amides is 1. The molecule has 0 N–H and O–H groups in total. The van der Waals surface area contributed by atoms with Gasteiger partial charge in [0, 0.05) is 18.6 Å². The molecule has 1 aromatic rings. The number of rotatable bonds is 10. The van der Waals surface area contributed by atoms with Crippen LogP contribution >= 0.6 is 0 Å². The van der Waals surface area contributed by atoms with E-state index in [1.165, 1.54) is 13.0 Å². The molecule has 0 saturated heterocycles. The molecule has 0 unspecified atom stereocenters. The van der Waals surface area contributed by atoms with E-state index in [4.69, 9.17) is 14.2 Å². The lowest BCUT2D eigenvalue weighted by molar-refractivity contribution is -0.178. The lowest BCUT2D eigenvalue weighted by Crippen LogP contribution is -2.59. The van der Waals surface area contributed by atoms with E-state index in [0.717, 1.165) is 25.7 Å². The Morgan fingerprint density at radius 2 is 1.94 bits per heavy atom. The maximum absolute atomic E-state index is 13.1. The lowest BCUT2D eigenvalue weighted by Gasteiger charge is -2.50. The van der Waals surface area contributed by atoms with E-state index in [9.17, 15) is 14.9 Å². The topological polar surface area (TPSA) is 88.9 Å². The highest BCUT2D eigenvalue weighted by molar-refractivity contribution is 5.91. The molecule has 2 aliphatic rings. The first-order valence-electron chi connectivity index (χ1n) is 11.9. The normalized spacial score (nSPS) is 21.0. The summed E-state index contributed by atoms with van der Waals surface area (Å²) in [5.41, 5.74) is 0.379. The van der Waals surface area contributed by atoms with E-state index in [0.29, 0.717) is 42.1 Å². The van der Waals surface area contributed by atoms with Gasteiger partial charge in [0.05, 0.1) is 24.8 Å². The predicted octanol–water partition coefficient (Wildman–Crippen LogP) is 4.81. The molecule has 2 heterocycles. The third-order valence-electron chi connectivity index (χ3n) is 6.34. The van der Waals surface area contributed by atoms with Gasteiger partial charge in [0.1, 0.15) is 23.2 Å². The molecule has 0 aliphatic carbocycles. The van der Waals surface area contributed by atoms with Gasteiger partial charge in [0.15, 0.2) is 6.10 Å². The monoisotopic (exact) mass is 454 g/mol. The fraction of sp³-hybridized carbons (Fsp3) is 0.577. The summed E-state index contributed by atoms with van der Waals surface area (Å²) in [5.74, 6) is 0.597. The van der Waals surface area contributed by atoms with Gasteiger partial charge in [-0.1, -0.05) is 26.7 Å². The molecule has 33 heavy (non-hydrogen) atoms. The second-order valence-corrected chi connectivity index (χ2v) is 8.72. The lowest BCUT2D eigenvalue weighted by atomic mass is 9.76. The zero-order valence-corrected chi connectivity index (χ0v) is 20.1. The highest BCUT2D eigenvalue weighted by Crippen LogP contribution is 2.49. The molecule has 7 nitrogen and oxygen atoms in total. The van der Waals surface area contributed by atoms with Crippen LogP contribution < -0.4 is 4.74 Å². The minimum atomic E-state index is -0.766. The van der Waals surface area contributed by atoms with Crippen molar-refractivity contribution >= 4 is 11.9 Å². The summed E-state index contributed by atoms with van der Waals surface area (Å²) in [4.78, 5) is 27.1. The van der Waals surface area contributed by atoms with E-state index in [1.54, 1.807) is 23.1 Å². The number of esters is 1. The molecule has 0 bridgehead atoms. The Bertz CT molecular complexity index is 940. The molecular formula is C26H34N2O5. The molecule has 7 heteroatoms. The van der Waals surface area contributed by atoms with Gasteiger partial charge in [-0.2, -0.15) is 5.26 Å². The smallest absolute Gasteiger partial charge is 0.303 e. The van der Waals surface area contributed by atoms with Crippen molar-refractivity contribution < 1.29 is 23.8 Å². The summed E-state index contributed by atoms with van der Waals surface area (Å²) in [6.07, 6.45) is 5.93. The second kappa shape index (κ2) is 10.7. The van der Waals surface area contributed by atoms with Gasteiger partial charge < -0.3 is 19.1 Å². The molecule has 1 amide bonds. The molecule has 0 saturated carbocycles. The Morgan fingerprint density at radius 3 is 2.52 bits per heavy atom. The van der Waals surface area contributed by atoms with Crippen LogP contribution in [-0.4, -0.2) is 41.6 Å². The van der Waals surface area contributed by atoms with E-state index < -0.39 is 23.7 Å². The molecule has 2 aliphatic heterocycles.